The minimum absolute atomic E-state index is 0.245. The lowest BCUT2D eigenvalue weighted by molar-refractivity contribution is 0.0125. The maximum absolute atomic E-state index is 6.14. The largest absolute Gasteiger partial charge is 0.380 e. The number of methoxy groups -OCH3 is 1. The van der Waals surface area contributed by atoms with Crippen LogP contribution in [0.5, 0.6) is 0 Å². The molecule has 2 atom stereocenters. The molecular formula is C14H28N2O. The fourth-order valence-corrected chi connectivity index (χ4v) is 3.89. The van der Waals surface area contributed by atoms with Crippen LogP contribution in [0.2, 0.25) is 0 Å². The van der Waals surface area contributed by atoms with Gasteiger partial charge in [-0.05, 0) is 31.1 Å². The van der Waals surface area contributed by atoms with Crippen molar-refractivity contribution in [3.63, 3.8) is 0 Å². The molecule has 0 spiro atoms. The van der Waals surface area contributed by atoms with Gasteiger partial charge < -0.3 is 10.5 Å². The summed E-state index contributed by atoms with van der Waals surface area (Å²) in [4.78, 5) is 2.61. The zero-order chi connectivity index (χ0) is 12.5. The van der Waals surface area contributed by atoms with E-state index in [0.717, 1.165) is 19.6 Å². The lowest BCUT2D eigenvalue weighted by atomic mass is 9.67. The molecule has 2 fully saturated rings. The molecular weight excluding hydrogens is 212 g/mol. The fraction of sp³-hybridized carbons (Fsp3) is 1.00. The monoisotopic (exact) mass is 240 g/mol. The normalized spacial score (nSPS) is 38.5. The van der Waals surface area contributed by atoms with Gasteiger partial charge in [0.15, 0.2) is 0 Å². The van der Waals surface area contributed by atoms with Crippen molar-refractivity contribution in [2.24, 2.45) is 11.1 Å². The topological polar surface area (TPSA) is 38.5 Å². The lowest BCUT2D eigenvalue weighted by Gasteiger charge is -2.49. The number of rotatable bonds is 3. The summed E-state index contributed by atoms with van der Waals surface area (Å²) in [5.74, 6) is 0. The van der Waals surface area contributed by atoms with Gasteiger partial charge in [-0.25, -0.2) is 0 Å². The Morgan fingerprint density at radius 3 is 2.65 bits per heavy atom. The quantitative estimate of drug-likeness (QED) is 0.820. The van der Waals surface area contributed by atoms with E-state index in [1.807, 2.05) is 7.11 Å². The van der Waals surface area contributed by atoms with Crippen LogP contribution in [0.4, 0.5) is 0 Å². The molecule has 0 bridgehead atoms. The first-order valence-corrected chi connectivity index (χ1v) is 6.99. The van der Waals surface area contributed by atoms with Crippen LogP contribution in [0, 0.1) is 5.41 Å². The van der Waals surface area contributed by atoms with E-state index in [-0.39, 0.29) is 5.54 Å². The Hall–Kier alpha value is -0.120. The summed E-state index contributed by atoms with van der Waals surface area (Å²) in [7, 11) is 1.83. The van der Waals surface area contributed by atoms with Crippen LogP contribution in [-0.4, -0.2) is 43.3 Å². The first-order valence-electron chi connectivity index (χ1n) is 6.99. The van der Waals surface area contributed by atoms with Gasteiger partial charge in [0.2, 0.25) is 0 Å². The van der Waals surface area contributed by atoms with E-state index in [4.69, 9.17) is 10.5 Å². The van der Waals surface area contributed by atoms with E-state index in [2.05, 4.69) is 18.7 Å². The average Bonchev–Trinajstić information content (AvgIpc) is 2.76. The maximum atomic E-state index is 6.14. The van der Waals surface area contributed by atoms with Crippen molar-refractivity contribution in [2.45, 2.75) is 57.6 Å². The van der Waals surface area contributed by atoms with Gasteiger partial charge in [-0.3, -0.25) is 4.90 Å². The van der Waals surface area contributed by atoms with Crippen LogP contribution in [-0.2, 0) is 4.74 Å². The van der Waals surface area contributed by atoms with Crippen LogP contribution in [0.25, 0.3) is 0 Å². The SMILES string of the molecule is COC1CCN(C2(CN)CCCC(C)(C)C2)C1. The van der Waals surface area contributed by atoms with E-state index in [0.29, 0.717) is 11.5 Å². The molecule has 1 saturated heterocycles. The summed E-state index contributed by atoms with van der Waals surface area (Å²) in [5.41, 5.74) is 6.84. The Morgan fingerprint density at radius 2 is 2.12 bits per heavy atom. The summed E-state index contributed by atoms with van der Waals surface area (Å²) < 4.78 is 5.49. The second-order valence-electron chi connectivity index (χ2n) is 6.72. The molecule has 0 amide bonds. The second-order valence-corrected chi connectivity index (χ2v) is 6.72. The Bertz CT molecular complexity index is 267. The van der Waals surface area contributed by atoms with Gasteiger partial charge in [0.1, 0.15) is 0 Å². The fourth-order valence-electron chi connectivity index (χ4n) is 3.89. The van der Waals surface area contributed by atoms with Gasteiger partial charge in [0.05, 0.1) is 6.10 Å². The van der Waals surface area contributed by atoms with Crippen molar-refractivity contribution in [3.8, 4) is 0 Å². The molecule has 100 valence electrons. The zero-order valence-corrected chi connectivity index (χ0v) is 11.7. The van der Waals surface area contributed by atoms with Gasteiger partial charge >= 0.3 is 0 Å². The van der Waals surface area contributed by atoms with Crippen molar-refractivity contribution >= 4 is 0 Å². The number of nitrogens with zero attached hydrogens (tertiary/aromatic N) is 1. The molecule has 2 rings (SSSR count). The van der Waals surface area contributed by atoms with Crippen LogP contribution < -0.4 is 5.73 Å². The summed E-state index contributed by atoms with van der Waals surface area (Å²) in [5, 5.41) is 0. The van der Waals surface area contributed by atoms with Crippen molar-refractivity contribution in [1.29, 1.82) is 0 Å². The average molecular weight is 240 g/mol. The highest BCUT2D eigenvalue weighted by atomic mass is 16.5. The predicted octanol–water partition coefficient (Wildman–Crippen LogP) is 2.00. The van der Waals surface area contributed by atoms with E-state index < -0.39 is 0 Å². The highest BCUT2D eigenvalue weighted by Gasteiger charge is 2.45. The van der Waals surface area contributed by atoms with Crippen molar-refractivity contribution in [3.05, 3.63) is 0 Å². The van der Waals surface area contributed by atoms with Crippen molar-refractivity contribution in [1.82, 2.24) is 4.90 Å². The minimum Gasteiger partial charge on any atom is -0.380 e. The zero-order valence-electron chi connectivity index (χ0n) is 11.7. The summed E-state index contributed by atoms with van der Waals surface area (Å²) in [6.07, 6.45) is 6.76. The highest BCUT2D eigenvalue weighted by Crippen LogP contribution is 2.44. The molecule has 3 heteroatoms. The molecule has 1 aliphatic carbocycles. The molecule has 17 heavy (non-hydrogen) atoms. The Balaban J connectivity index is 2.09. The number of ether oxygens (including phenoxy) is 1. The van der Waals surface area contributed by atoms with Crippen LogP contribution in [0.15, 0.2) is 0 Å². The molecule has 3 nitrogen and oxygen atoms in total. The van der Waals surface area contributed by atoms with E-state index >= 15 is 0 Å². The molecule has 0 radical (unpaired) electrons. The van der Waals surface area contributed by atoms with Crippen LogP contribution >= 0.6 is 0 Å². The maximum Gasteiger partial charge on any atom is 0.0710 e. The van der Waals surface area contributed by atoms with Gasteiger partial charge in [-0.2, -0.15) is 0 Å². The Kier molecular flexibility index (Phi) is 3.81. The summed E-state index contributed by atoms with van der Waals surface area (Å²) >= 11 is 0. The number of likely N-dealkylation sites (tertiary alicyclic amines) is 1. The lowest BCUT2D eigenvalue weighted by Crippen LogP contribution is -2.57. The van der Waals surface area contributed by atoms with Gasteiger partial charge in [0.25, 0.3) is 0 Å². The summed E-state index contributed by atoms with van der Waals surface area (Å²) in [6.45, 7) is 7.81. The standard InChI is InChI=1S/C14H28N2O/c1-13(2)6-4-7-14(10-13,11-15)16-8-5-12(9-16)17-3/h12H,4-11,15H2,1-3H3. The van der Waals surface area contributed by atoms with E-state index in [1.54, 1.807) is 0 Å². The molecule has 1 saturated carbocycles. The predicted molar refractivity (Wildman–Crippen MR) is 71.0 cm³/mol. The number of hydrogen-bond donors (Lipinski definition) is 1. The molecule has 1 heterocycles. The molecule has 2 N–H and O–H groups in total. The van der Waals surface area contributed by atoms with E-state index in [1.165, 1.54) is 32.1 Å². The van der Waals surface area contributed by atoms with Crippen molar-refractivity contribution < 1.29 is 4.74 Å². The molecule has 2 aliphatic rings. The molecule has 0 aromatic rings. The van der Waals surface area contributed by atoms with Gasteiger partial charge in [-0.1, -0.05) is 20.3 Å². The number of nitrogens with two attached hydrogens (primary N) is 1. The van der Waals surface area contributed by atoms with E-state index in [9.17, 15) is 0 Å². The third kappa shape index (κ3) is 2.67. The minimum atomic E-state index is 0.245. The first-order chi connectivity index (χ1) is 8.01. The van der Waals surface area contributed by atoms with Gasteiger partial charge in [-0.15, -0.1) is 0 Å². The molecule has 1 aliphatic heterocycles. The van der Waals surface area contributed by atoms with Crippen LogP contribution in [0.3, 0.4) is 0 Å². The van der Waals surface area contributed by atoms with Crippen LogP contribution in [0.1, 0.15) is 46.0 Å². The van der Waals surface area contributed by atoms with Crippen molar-refractivity contribution in [2.75, 3.05) is 26.7 Å². The molecule has 0 aromatic carbocycles. The Morgan fingerprint density at radius 1 is 1.35 bits per heavy atom. The molecule has 0 aromatic heterocycles. The third-order valence-electron chi connectivity index (χ3n) is 4.83. The number of hydrogen-bond acceptors (Lipinski definition) is 3. The second kappa shape index (κ2) is 4.87. The van der Waals surface area contributed by atoms with Gasteiger partial charge in [0, 0.05) is 32.3 Å². The smallest absolute Gasteiger partial charge is 0.0710 e. The third-order valence-corrected chi connectivity index (χ3v) is 4.83. The summed E-state index contributed by atoms with van der Waals surface area (Å²) in [6, 6.07) is 0. The Labute approximate surface area is 106 Å². The first kappa shape index (κ1) is 13.3. The molecule has 2 unspecified atom stereocenters. The highest BCUT2D eigenvalue weighted by molar-refractivity contribution is 5.01.